The van der Waals surface area contributed by atoms with E-state index in [1.165, 1.54) is 10.5 Å². The molecule has 1 unspecified atom stereocenters. The first-order valence-corrected chi connectivity index (χ1v) is 8.79. The Balaban J connectivity index is 1.63. The van der Waals surface area contributed by atoms with Gasteiger partial charge in [-0.1, -0.05) is 35.9 Å². The lowest BCUT2D eigenvalue weighted by molar-refractivity contribution is -0.138. The fourth-order valence-corrected chi connectivity index (χ4v) is 3.37. The van der Waals surface area contributed by atoms with Crippen LogP contribution in [0.25, 0.3) is 0 Å². The number of rotatable bonds is 6. The van der Waals surface area contributed by atoms with Crippen LogP contribution in [0.4, 0.5) is 5.69 Å². The van der Waals surface area contributed by atoms with Crippen LogP contribution in [-0.2, 0) is 27.2 Å². The van der Waals surface area contributed by atoms with Crippen molar-refractivity contribution in [3.05, 3.63) is 64.7 Å². The van der Waals surface area contributed by atoms with E-state index >= 15 is 0 Å². The molecule has 1 saturated heterocycles. The van der Waals surface area contributed by atoms with Crippen LogP contribution in [-0.4, -0.2) is 24.1 Å². The maximum atomic E-state index is 12.1. The van der Waals surface area contributed by atoms with Gasteiger partial charge in [-0.15, -0.1) is 0 Å². The summed E-state index contributed by atoms with van der Waals surface area (Å²) in [5.74, 6) is -2.49. The summed E-state index contributed by atoms with van der Waals surface area (Å²) in [6.45, 7) is 0.197. The minimum Gasteiger partial charge on any atom is -0.363 e. The summed E-state index contributed by atoms with van der Waals surface area (Å²) < 4.78 is 0. The second kappa shape index (κ2) is 7.70. The van der Waals surface area contributed by atoms with Crippen molar-refractivity contribution >= 4 is 34.9 Å². The van der Waals surface area contributed by atoms with Gasteiger partial charge in [-0.25, -0.2) is 0 Å². The highest BCUT2D eigenvalue weighted by molar-refractivity contribution is 6.37. The van der Waals surface area contributed by atoms with Crippen molar-refractivity contribution in [3.63, 3.8) is 0 Å². The van der Waals surface area contributed by atoms with Crippen molar-refractivity contribution < 1.29 is 14.4 Å². The van der Waals surface area contributed by atoms with Crippen LogP contribution in [0.3, 0.4) is 0 Å². The molecule has 5 nitrogen and oxygen atoms in total. The quantitative estimate of drug-likeness (QED) is 0.793. The van der Waals surface area contributed by atoms with Crippen molar-refractivity contribution in [2.24, 2.45) is 11.7 Å². The van der Waals surface area contributed by atoms with E-state index in [-0.39, 0.29) is 18.9 Å². The van der Waals surface area contributed by atoms with Gasteiger partial charge in [0.15, 0.2) is 0 Å². The highest BCUT2D eigenvalue weighted by Crippen LogP contribution is 2.26. The lowest BCUT2D eigenvalue weighted by atomic mass is 10.0. The predicted octanol–water partition coefficient (Wildman–Crippen LogP) is 2.53. The van der Waals surface area contributed by atoms with E-state index in [0.29, 0.717) is 0 Å². The lowest BCUT2D eigenvalue weighted by Crippen LogP contribution is -2.32. The van der Waals surface area contributed by atoms with Crippen LogP contribution >= 0.6 is 11.6 Å². The molecule has 2 N–H and O–H groups in total. The molecule has 134 valence electrons. The summed E-state index contributed by atoms with van der Waals surface area (Å²) >= 11 is 6.00. The molecule has 1 aliphatic heterocycles. The number of nitrogens with two attached hydrogens (primary N) is 1. The fraction of sp³-hybridized carbons (Fsp3) is 0.250. The molecule has 0 aromatic heterocycles. The Morgan fingerprint density at radius 3 is 2.42 bits per heavy atom. The molecule has 3 rings (SSSR count). The Hall–Kier alpha value is -2.66. The van der Waals surface area contributed by atoms with Gasteiger partial charge in [0.2, 0.25) is 11.7 Å². The first kappa shape index (κ1) is 18.1. The molecular formula is C20H19ClN2O3. The SMILES string of the molecule is NC(=O)C(=O)C1CC(=O)N(c2ccc(CCc3cccc(Cl)c3)cc2)C1. The maximum Gasteiger partial charge on any atom is 0.285 e. The second-order valence-corrected chi connectivity index (χ2v) is 6.87. The van der Waals surface area contributed by atoms with Gasteiger partial charge < -0.3 is 10.6 Å². The Morgan fingerprint density at radius 2 is 1.77 bits per heavy atom. The minimum atomic E-state index is -0.985. The zero-order chi connectivity index (χ0) is 18.7. The van der Waals surface area contributed by atoms with Gasteiger partial charge in [0.05, 0.1) is 5.92 Å². The molecule has 1 heterocycles. The molecule has 6 heteroatoms. The maximum absolute atomic E-state index is 12.1. The lowest BCUT2D eigenvalue weighted by Gasteiger charge is -2.16. The Bertz CT molecular complexity index is 848. The van der Waals surface area contributed by atoms with Crippen LogP contribution in [0.15, 0.2) is 48.5 Å². The number of anilines is 1. The molecule has 1 atom stereocenters. The summed E-state index contributed by atoms with van der Waals surface area (Å²) in [6.07, 6.45) is 1.76. The Morgan fingerprint density at radius 1 is 1.08 bits per heavy atom. The number of aryl methyl sites for hydroxylation is 2. The molecule has 2 aromatic rings. The number of ketones is 1. The predicted molar refractivity (Wildman–Crippen MR) is 100.0 cm³/mol. The van der Waals surface area contributed by atoms with Gasteiger partial charge in [-0.3, -0.25) is 14.4 Å². The van der Waals surface area contributed by atoms with E-state index in [1.54, 1.807) is 0 Å². The topological polar surface area (TPSA) is 80.5 Å². The number of primary amides is 1. The molecule has 26 heavy (non-hydrogen) atoms. The monoisotopic (exact) mass is 370 g/mol. The molecule has 0 bridgehead atoms. The van der Waals surface area contributed by atoms with Gasteiger partial charge in [0.25, 0.3) is 5.91 Å². The van der Waals surface area contributed by atoms with Crippen LogP contribution in [0.2, 0.25) is 5.02 Å². The molecule has 1 aliphatic rings. The number of carbonyl (C=O) groups excluding carboxylic acids is 3. The van der Waals surface area contributed by atoms with Crippen molar-refractivity contribution in [1.29, 1.82) is 0 Å². The minimum absolute atomic E-state index is 0.0261. The molecular weight excluding hydrogens is 352 g/mol. The van der Waals surface area contributed by atoms with Crippen molar-refractivity contribution in [2.45, 2.75) is 19.3 Å². The molecule has 0 spiro atoms. The van der Waals surface area contributed by atoms with E-state index < -0.39 is 17.6 Å². The molecule has 0 aliphatic carbocycles. The third-order valence-corrected chi connectivity index (χ3v) is 4.81. The first-order valence-electron chi connectivity index (χ1n) is 8.41. The van der Waals surface area contributed by atoms with Crippen molar-refractivity contribution in [3.8, 4) is 0 Å². The fourth-order valence-electron chi connectivity index (χ4n) is 3.16. The number of nitrogens with zero attached hydrogens (tertiary/aromatic N) is 1. The number of halogens is 1. The number of benzene rings is 2. The highest BCUT2D eigenvalue weighted by atomic mass is 35.5. The highest BCUT2D eigenvalue weighted by Gasteiger charge is 2.36. The third kappa shape index (κ3) is 4.11. The smallest absolute Gasteiger partial charge is 0.285 e. The Labute approximate surface area is 156 Å². The van der Waals surface area contributed by atoms with Gasteiger partial charge in [0, 0.05) is 23.7 Å². The van der Waals surface area contributed by atoms with Gasteiger partial charge in [0.1, 0.15) is 0 Å². The zero-order valence-corrected chi connectivity index (χ0v) is 14.9. The normalized spacial score (nSPS) is 16.7. The van der Waals surface area contributed by atoms with Crippen molar-refractivity contribution in [2.75, 3.05) is 11.4 Å². The van der Waals surface area contributed by atoms with E-state index in [0.717, 1.165) is 29.1 Å². The molecule has 2 amide bonds. The van der Waals surface area contributed by atoms with Crippen LogP contribution < -0.4 is 10.6 Å². The summed E-state index contributed by atoms with van der Waals surface area (Å²) in [4.78, 5) is 36.4. The summed E-state index contributed by atoms with van der Waals surface area (Å²) in [6, 6.07) is 15.4. The van der Waals surface area contributed by atoms with Crippen LogP contribution in [0, 0.1) is 5.92 Å². The Kier molecular flexibility index (Phi) is 5.38. The number of carbonyl (C=O) groups is 3. The summed E-state index contributed by atoms with van der Waals surface area (Å²) in [5, 5.41) is 0.727. The number of Topliss-reactive ketones (excluding diaryl/α,β-unsaturated/α-hetero) is 1. The van der Waals surface area contributed by atoms with E-state index in [9.17, 15) is 14.4 Å². The van der Waals surface area contributed by atoms with E-state index in [1.807, 2.05) is 48.5 Å². The summed E-state index contributed by atoms with van der Waals surface area (Å²) in [5.41, 5.74) is 8.07. The second-order valence-electron chi connectivity index (χ2n) is 6.43. The summed E-state index contributed by atoms with van der Waals surface area (Å²) in [7, 11) is 0. The average Bonchev–Trinajstić information content (AvgIpc) is 3.01. The molecule has 0 saturated carbocycles. The standard InChI is InChI=1S/C20H19ClN2O3/c21-16-3-1-2-14(10-16)5-4-13-6-8-17(9-7-13)23-12-15(11-18(23)24)19(25)20(22)26/h1-3,6-10,15H,4-5,11-12H2,(H2,22,26). The average molecular weight is 371 g/mol. The molecule has 0 radical (unpaired) electrons. The van der Waals surface area contributed by atoms with Gasteiger partial charge in [-0.05, 0) is 48.2 Å². The van der Waals surface area contributed by atoms with Crippen molar-refractivity contribution in [1.82, 2.24) is 0 Å². The van der Waals surface area contributed by atoms with E-state index in [2.05, 4.69) is 0 Å². The van der Waals surface area contributed by atoms with Gasteiger partial charge in [-0.2, -0.15) is 0 Å². The van der Waals surface area contributed by atoms with Gasteiger partial charge >= 0.3 is 0 Å². The van der Waals surface area contributed by atoms with Crippen LogP contribution in [0.5, 0.6) is 0 Å². The largest absolute Gasteiger partial charge is 0.363 e. The van der Waals surface area contributed by atoms with E-state index in [4.69, 9.17) is 17.3 Å². The number of hydrogen-bond acceptors (Lipinski definition) is 3. The first-order chi connectivity index (χ1) is 12.4. The third-order valence-electron chi connectivity index (χ3n) is 4.58. The molecule has 2 aromatic carbocycles. The number of amides is 2. The molecule has 1 fully saturated rings. The zero-order valence-electron chi connectivity index (χ0n) is 14.2. The number of hydrogen-bond donors (Lipinski definition) is 1. The van der Waals surface area contributed by atoms with Crippen LogP contribution in [0.1, 0.15) is 17.5 Å².